The minimum absolute atomic E-state index is 0.189. The standard InChI is InChI=1S/C19H14ClNO/c20-13-9-10-15-14(11-13)18(12-5-2-1-3-6-12)19-16(21-15)7-4-8-17(19)22/h1-3,5-6,9-11H,4,7-8H2. The number of aryl methyl sites for hydroxylation is 1. The van der Waals surface area contributed by atoms with Gasteiger partial charge in [0.2, 0.25) is 0 Å². The van der Waals surface area contributed by atoms with Gasteiger partial charge in [0.15, 0.2) is 5.78 Å². The maximum absolute atomic E-state index is 12.5. The second-order valence-corrected chi connectivity index (χ2v) is 6.05. The normalized spacial score (nSPS) is 14.1. The molecule has 22 heavy (non-hydrogen) atoms. The monoisotopic (exact) mass is 307 g/mol. The minimum atomic E-state index is 0.189. The fourth-order valence-electron chi connectivity index (χ4n) is 3.21. The van der Waals surface area contributed by atoms with E-state index < -0.39 is 0 Å². The van der Waals surface area contributed by atoms with Crippen LogP contribution in [0.5, 0.6) is 0 Å². The number of aromatic nitrogens is 1. The van der Waals surface area contributed by atoms with Gasteiger partial charge in [-0.05, 0) is 36.6 Å². The van der Waals surface area contributed by atoms with E-state index in [4.69, 9.17) is 16.6 Å². The highest BCUT2D eigenvalue weighted by Gasteiger charge is 2.25. The van der Waals surface area contributed by atoms with E-state index in [2.05, 4.69) is 0 Å². The highest BCUT2D eigenvalue weighted by atomic mass is 35.5. The number of rotatable bonds is 1. The molecule has 0 bridgehead atoms. The van der Waals surface area contributed by atoms with Crippen LogP contribution >= 0.6 is 11.6 Å². The van der Waals surface area contributed by atoms with Gasteiger partial charge in [0.25, 0.3) is 0 Å². The van der Waals surface area contributed by atoms with Crippen molar-refractivity contribution in [2.24, 2.45) is 0 Å². The van der Waals surface area contributed by atoms with E-state index in [1.807, 2.05) is 48.5 Å². The third-order valence-corrected chi connectivity index (χ3v) is 4.42. The summed E-state index contributed by atoms with van der Waals surface area (Å²) in [5.41, 5.74) is 4.63. The van der Waals surface area contributed by atoms with E-state index in [1.54, 1.807) is 0 Å². The van der Waals surface area contributed by atoms with Gasteiger partial charge >= 0.3 is 0 Å². The summed E-state index contributed by atoms with van der Waals surface area (Å²) in [6.45, 7) is 0. The van der Waals surface area contributed by atoms with Gasteiger partial charge in [0.1, 0.15) is 0 Å². The van der Waals surface area contributed by atoms with E-state index in [0.29, 0.717) is 11.4 Å². The molecule has 3 aromatic rings. The van der Waals surface area contributed by atoms with Gasteiger partial charge in [0.05, 0.1) is 11.2 Å². The Morgan fingerprint density at radius 1 is 0.955 bits per heavy atom. The van der Waals surface area contributed by atoms with Crippen molar-refractivity contribution in [3.8, 4) is 11.1 Å². The molecule has 2 aromatic carbocycles. The van der Waals surface area contributed by atoms with Crippen LogP contribution in [0.3, 0.4) is 0 Å². The first-order valence-corrected chi connectivity index (χ1v) is 7.82. The molecule has 0 saturated heterocycles. The summed E-state index contributed by atoms with van der Waals surface area (Å²) in [4.78, 5) is 17.2. The van der Waals surface area contributed by atoms with Crippen LogP contribution in [0.15, 0.2) is 48.5 Å². The molecule has 1 aromatic heterocycles. The summed E-state index contributed by atoms with van der Waals surface area (Å²) in [6, 6.07) is 15.7. The van der Waals surface area contributed by atoms with E-state index >= 15 is 0 Å². The average Bonchev–Trinajstić information content (AvgIpc) is 2.54. The first-order chi connectivity index (χ1) is 10.7. The fourth-order valence-corrected chi connectivity index (χ4v) is 3.39. The quantitative estimate of drug-likeness (QED) is 0.628. The molecule has 0 spiro atoms. The SMILES string of the molecule is O=C1CCCc2nc3ccc(Cl)cc3c(-c3ccccc3)c21. The predicted octanol–water partition coefficient (Wildman–Crippen LogP) is 5.07. The number of halogens is 1. The molecule has 3 heteroatoms. The maximum Gasteiger partial charge on any atom is 0.165 e. The van der Waals surface area contributed by atoms with Crippen LogP contribution in [0, 0.1) is 0 Å². The van der Waals surface area contributed by atoms with Crippen LogP contribution in [0.2, 0.25) is 5.02 Å². The summed E-state index contributed by atoms with van der Waals surface area (Å²) >= 11 is 6.18. The molecular weight excluding hydrogens is 294 g/mol. The van der Waals surface area contributed by atoms with E-state index in [1.165, 1.54) is 0 Å². The predicted molar refractivity (Wildman–Crippen MR) is 89.5 cm³/mol. The van der Waals surface area contributed by atoms with E-state index in [0.717, 1.165) is 46.1 Å². The Balaban J connectivity index is 2.16. The van der Waals surface area contributed by atoms with E-state index in [-0.39, 0.29) is 5.78 Å². The third kappa shape index (κ3) is 2.11. The summed E-state index contributed by atoms with van der Waals surface area (Å²) < 4.78 is 0. The van der Waals surface area contributed by atoms with Crippen molar-refractivity contribution in [2.75, 3.05) is 0 Å². The second-order valence-electron chi connectivity index (χ2n) is 5.61. The Morgan fingerprint density at radius 2 is 1.77 bits per heavy atom. The highest BCUT2D eigenvalue weighted by molar-refractivity contribution is 6.31. The summed E-state index contributed by atoms with van der Waals surface area (Å²) in [5.74, 6) is 0.189. The van der Waals surface area contributed by atoms with Crippen LogP contribution in [-0.2, 0) is 6.42 Å². The zero-order valence-electron chi connectivity index (χ0n) is 12.0. The number of hydrogen-bond acceptors (Lipinski definition) is 2. The van der Waals surface area contributed by atoms with Crippen LogP contribution in [0.1, 0.15) is 28.9 Å². The average molecular weight is 308 g/mol. The van der Waals surface area contributed by atoms with Crippen molar-refractivity contribution in [1.82, 2.24) is 4.98 Å². The number of carbonyl (C=O) groups excluding carboxylic acids is 1. The minimum Gasteiger partial charge on any atom is -0.294 e. The number of Topliss-reactive ketones (excluding diaryl/α,β-unsaturated/α-hetero) is 1. The van der Waals surface area contributed by atoms with Crippen molar-refractivity contribution in [3.63, 3.8) is 0 Å². The van der Waals surface area contributed by atoms with Crippen LogP contribution in [0.4, 0.5) is 0 Å². The Labute approximate surface area is 133 Å². The second kappa shape index (κ2) is 5.22. The molecule has 108 valence electrons. The first-order valence-electron chi connectivity index (χ1n) is 7.45. The first kappa shape index (κ1) is 13.5. The maximum atomic E-state index is 12.5. The number of pyridine rings is 1. The zero-order valence-corrected chi connectivity index (χ0v) is 12.7. The van der Waals surface area contributed by atoms with Crippen LogP contribution in [-0.4, -0.2) is 10.8 Å². The van der Waals surface area contributed by atoms with Gasteiger partial charge in [-0.25, -0.2) is 0 Å². The number of hydrogen-bond donors (Lipinski definition) is 0. The Bertz CT molecular complexity index is 887. The topological polar surface area (TPSA) is 30.0 Å². The van der Waals surface area contributed by atoms with Crippen molar-refractivity contribution < 1.29 is 4.79 Å². The molecule has 0 amide bonds. The number of carbonyl (C=O) groups is 1. The lowest BCUT2D eigenvalue weighted by molar-refractivity contribution is 0.0972. The van der Waals surface area contributed by atoms with Gasteiger partial charge in [-0.1, -0.05) is 41.9 Å². The highest BCUT2D eigenvalue weighted by Crippen LogP contribution is 2.37. The smallest absolute Gasteiger partial charge is 0.165 e. The lowest BCUT2D eigenvalue weighted by atomic mass is 9.86. The molecule has 0 saturated carbocycles. The van der Waals surface area contributed by atoms with Gasteiger partial charge in [-0.2, -0.15) is 0 Å². The molecule has 1 aliphatic rings. The lowest BCUT2D eigenvalue weighted by Crippen LogP contribution is -2.14. The molecule has 1 aliphatic carbocycles. The summed E-state index contributed by atoms with van der Waals surface area (Å²) in [7, 11) is 0. The third-order valence-electron chi connectivity index (χ3n) is 4.18. The largest absolute Gasteiger partial charge is 0.294 e. The molecule has 0 aliphatic heterocycles. The molecule has 2 nitrogen and oxygen atoms in total. The van der Waals surface area contributed by atoms with Gasteiger partial charge in [0, 0.05) is 28.0 Å². The fraction of sp³-hybridized carbons (Fsp3) is 0.158. The van der Waals surface area contributed by atoms with Crippen LogP contribution in [0.25, 0.3) is 22.0 Å². The van der Waals surface area contributed by atoms with Gasteiger partial charge in [-0.3, -0.25) is 9.78 Å². The Morgan fingerprint density at radius 3 is 2.59 bits per heavy atom. The molecule has 1 heterocycles. The number of nitrogens with zero attached hydrogens (tertiary/aromatic N) is 1. The van der Waals surface area contributed by atoms with Crippen molar-refractivity contribution in [3.05, 3.63) is 64.8 Å². The molecule has 0 N–H and O–H groups in total. The van der Waals surface area contributed by atoms with E-state index in [9.17, 15) is 4.79 Å². The summed E-state index contributed by atoms with van der Waals surface area (Å²) in [6.07, 6.45) is 2.34. The lowest BCUT2D eigenvalue weighted by Gasteiger charge is -2.20. The molecule has 0 radical (unpaired) electrons. The molecule has 4 rings (SSSR count). The molecular formula is C19H14ClNO. The molecule has 0 unspecified atom stereocenters. The number of ketones is 1. The van der Waals surface area contributed by atoms with Crippen LogP contribution < -0.4 is 0 Å². The van der Waals surface area contributed by atoms with Gasteiger partial charge < -0.3 is 0 Å². The van der Waals surface area contributed by atoms with Gasteiger partial charge in [-0.15, -0.1) is 0 Å². The molecule has 0 atom stereocenters. The summed E-state index contributed by atoms with van der Waals surface area (Å²) in [5, 5.41) is 1.61. The molecule has 0 fully saturated rings. The Hall–Kier alpha value is -2.19. The zero-order chi connectivity index (χ0) is 15.1. The number of fused-ring (bicyclic) bond motifs is 2. The van der Waals surface area contributed by atoms with Crippen molar-refractivity contribution >= 4 is 28.3 Å². The van der Waals surface area contributed by atoms with Crippen molar-refractivity contribution in [2.45, 2.75) is 19.3 Å². The Kier molecular flexibility index (Phi) is 3.20. The van der Waals surface area contributed by atoms with Crippen molar-refractivity contribution in [1.29, 1.82) is 0 Å². The number of benzene rings is 2.